The number of nitrogens with one attached hydrogen (secondary N) is 2. The van der Waals surface area contributed by atoms with Crippen LogP contribution in [0.3, 0.4) is 0 Å². The van der Waals surface area contributed by atoms with Crippen LogP contribution in [0.4, 0.5) is 11.5 Å². The summed E-state index contributed by atoms with van der Waals surface area (Å²) in [7, 11) is 1.62. The molecule has 0 unspecified atom stereocenters. The van der Waals surface area contributed by atoms with Crippen LogP contribution in [0.2, 0.25) is 0 Å². The van der Waals surface area contributed by atoms with E-state index in [0.717, 1.165) is 46.7 Å². The van der Waals surface area contributed by atoms with Gasteiger partial charge in [0.05, 0.1) is 12.6 Å². The molecule has 1 aliphatic heterocycles. The number of hydrogen-bond donors (Lipinski definition) is 2. The normalized spacial score (nSPS) is 13.5. The number of hydrogen-bond acceptors (Lipinski definition) is 5. The van der Waals surface area contributed by atoms with Crippen molar-refractivity contribution in [3.8, 4) is 5.75 Å². The maximum absolute atomic E-state index is 12.4. The van der Waals surface area contributed by atoms with Gasteiger partial charge >= 0.3 is 0 Å². The molecule has 0 radical (unpaired) electrons. The predicted molar refractivity (Wildman–Crippen MR) is 135 cm³/mol. The van der Waals surface area contributed by atoms with E-state index in [4.69, 9.17) is 9.72 Å². The third-order valence-corrected chi connectivity index (χ3v) is 6.19. The van der Waals surface area contributed by atoms with E-state index in [1.54, 1.807) is 7.11 Å². The van der Waals surface area contributed by atoms with Crippen LogP contribution in [0.25, 0.3) is 10.9 Å². The zero-order valence-electron chi connectivity index (χ0n) is 19.9. The molecule has 2 amide bonds. The first-order chi connectivity index (χ1) is 16.5. The molecule has 7 heteroatoms. The summed E-state index contributed by atoms with van der Waals surface area (Å²) in [5.74, 6) is 1.46. The van der Waals surface area contributed by atoms with Crippen molar-refractivity contribution >= 4 is 34.2 Å². The number of pyridine rings is 1. The van der Waals surface area contributed by atoms with E-state index in [2.05, 4.69) is 28.5 Å². The summed E-state index contributed by atoms with van der Waals surface area (Å²) >= 11 is 0. The molecule has 1 aromatic heterocycles. The molecular weight excluding hydrogens is 428 g/mol. The topological polar surface area (TPSA) is 83.6 Å². The van der Waals surface area contributed by atoms with Crippen molar-refractivity contribution in [2.24, 2.45) is 0 Å². The Morgan fingerprint density at radius 1 is 0.971 bits per heavy atom. The molecule has 3 aromatic rings. The van der Waals surface area contributed by atoms with Gasteiger partial charge in [-0.1, -0.05) is 12.1 Å². The molecule has 2 heterocycles. The van der Waals surface area contributed by atoms with Crippen LogP contribution in [0, 0.1) is 6.92 Å². The van der Waals surface area contributed by atoms with Crippen molar-refractivity contribution in [2.45, 2.75) is 45.6 Å². The summed E-state index contributed by atoms with van der Waals surface area (Å²) in [5.41, 5.74) is 3.75. The Balaban J connectivity index is 1.29. The van der Waals surface area contributed by atoms with Crippen molar-refractivity contribution in [2.75, 3.05) is 30.4 Å². The Bertz CT molecular complexity index is 1150. The first-order valence-electron chi connectivity index (χ1n) is 11.9. The Morgan fingerprint density at radius 2 is 1.71 bits per heavy atom. The van der Waals surface area contributed by atoms with Crippen molar-refractivity contribution in [3.63, 3.8) is 0 Å². The molecule has 0 saturated carbocycles. The van der Waals surface area contributed by atoms with Gasteiger partial charge in [0, 0.05) is 43.5 Å². The summed E-state index contributed by atoms with van der Waals surface area (Å²) in [6, 6.07) is 15.4. The maximum Gasteiger partial charge on any atom is 0.224 e. The minimum Gasteiger partial charge on any atom is -0.497 e. The van der Waals surface area contributed by atoms with Crippen LogP contribution in [0.15, 0.2) is 48.5 Å². The average molecular weight is 461 g/mol. The second-order valence-corrected chi connectivity index (χ2v) is 8.75. The van der Waals surface area contributed by atoms with Gasteiger partial charge in [0.25, 0.3) is 0 Å². The van der Waals surface area contributed by atoms with Gasteiger partial charge in [-0.2, -0.15) is 0 Å². The number of nitrogens with zero attached hydrogens (tertiary/aromatic N) is 2. The number of aromatic nitrogens is 1. The van der Waals surface area contributed by atoms with Crippen LogP contribution in [-0.4, -0.2) is 37.0 Å². The summed E-state index contributed by atoms with van der Waals surface area (Å²) in [6.45, 7) is 4.61. The molecule has 2 N–H and O–H groups in total. The zero-order valence-corrected chi connectivity index (χ0v) is 19.9. The lowest BCUT2D eigenvalue weighted by atomic mass is 10.1. The molecule has 2 aromatic carbocycles. The van der Waals surface area contributed by atoms with Gasteiger partial charge in [-0.05, 0) is 73.7 Å². The number of aryl methyl sites for hydroxylation is 1. The predicted octanol–water partition coefficient (Wildman–Crippen LogP) is 4.58. The fourth-order valence-corrected chi connectivity index (χ4v) is 4.22. The van der Waals surface area contributed by atoms with Gasteiger partial charge in [0.15, 0.2) is 0 Å². The minimum absolute atomic E-state index is 0.123. The van der Waals surface area contributed by atoms with E-state index in [1.807, 2.05) is 42.5 Å². The largest absolute Gasteiger partial charge is 0.497 e. The molecule has 0 aliphatic carbocycles. The highest BCUT2D eigenvalue weighted by atomic mass is 16.5. The molecule has 178 valence electrons. The Hall–Kier alpha value is -3.61. The quantitative estimate of drug-likeness (QED) is 0.514. The van der Waals surface area contributed by atoms with Crippen LogP contribution >= 0.6 is 0 Å². The first-order valence-corrected chi connectivity index (χ1v) is 11.9. The smallest absolute Gasteiger partial charge is 0.224 e. The molecule has 1 saturated heterocycles. The number of ether oxygens (including phenoxy) is 1. The SMILES string of the molecule is COc1ccc(CNC(=O)CCC(=O)Nc2ccc3nc(N4CCCCC4)cc(C)c3c2)cc1. The molecule has 1 fully saturated rings. The van der Waals surface area contributed by atoms with Crippen molar-refractivity contribution in [1.82, 2.24) is 10.3 Å². The number of benzene rings is 2. The van der Waals surface area contributed by atoms with Gasteiger partial charge in [-0.3, -0.25) is 9.59 Å². The second kappa shape index (κ2) is 11.0. The number of carbonyl (C=O) groups excluding carboxylic acids is 2. The number of carbonyl (C=O) groups is 2. The van der Waals surface area contributed by atoms with Crippen molar-refractivity contribution in [3.05, 3.63) is 59.7 Å². The van der Waals surface area contributed by atoms with Crippen molar-refractivity contribution < 1.29 is 14.3 Å². The maximum atomic E-state index is 12.4. The first kappa shape index (κ1) is 23.5. The fraction of sp³-hybridized carbons (Fsp3) is 0.370. The van der Waals surface area contributed by atoms with E-state index in [0.29, 0.717) is 12.2 Å². The summed E-state index contributed by atoms with van der Waals surface area (Å²) in [6.07, 6.45) is 3.97. The Kier molecular flexibility index (Phi) is 7.62. The van der Waals surface area contributed by atoms with Gasteiger partial charge in [-0.15, -0.1) is 0 Å². The summed E-state index contributed by atoms with van der Waals surface area (Å²) < 4.78 is 5.13. The lowest BCUT2D eigenvalue weighted by molar-refractivity contribution is -0.124. The van der Waals surface area contributed by atoms with Crippen LogP contribution in [0.1, 0.15) is 43.2 Å². The average Bonchev–Trinajstić information content (AvgIpc) is 2.87. The lowest BCUT2D eigenvalue weighted by Gasteiger charge is -2.28. The third kappa shape index (κ3) is 6.04. The molecule has 0 spiro atoms. The summed E-state index contributed by atoms with van der Waals surface area (Å²) in [4.78, 5) is 31.8. The number of amides is 2. The van der Waals surface area contributed by atoms with Crippen LogP contribution in [-0.2, 0) is 16.1 Å². The van der Waals surface area contributed by atoms with Crippen LogP contribution < -0.4 is 20.3 Å². The molecule has 1 aliphatic rings. The lowest BCUT2D eigenvalue weighted by Crippen LogP contribution is -2.30. The highest BCUT2D eigenvalue weighted by Gasteiger charge is 2.14. The van der Waals surface area contributed by atoms with E-state index < -0.39 is 0 Å². The molecule has 7 nitrogen and oxygen atoms in total. The van der Waals surface area contributed by atoms with Crippen molar-refractivity contribution in [1.29, 1.82) is 0 Å². The Labute approximate surface area is 200 Å². The molecule has 4 rings (SSSR count). The van der Waals surface area contributed by atoms with Gasteiger partial charge in [0.2, 0.25) is 11.8 Å². The zero-order chi connectivity index (χ0) is 23.9. The van der Waals surface area contributed by atoms with Gasteiger partial charge < -0.3 is 20.3 Å². The van der Waals surface area contributed by atoms with Gasteiger partial charge in [0.1, 0.15) is 11.6 Å². The highest BCUT2D eigenvalue weighted by molar-refractivity contribution is 5.96. The monoisotopic (exact) mass is 460 g/mol. The Morgan fingerprint density at radius 3 is 2.44 bits per heavy atom. The number of fused-ring (bicyclic) bond motifs is 1. The van der Waals surface area contributed by atoms with Crippen LogP contribution in [0.5, 0.6) is 5.75 Å². The molecule has 0 atom stereocenters. The van der Waals surface area contributed by atoms with E-state index in [1.165, 1.54) is 19.3 Å². The molecule has 34 heavy (non-hydrogen) atoms. The van der Waals surface area contributed by atoms with Gasteiger partial charge in [-0.25, -0.2) is 4.98 Å². The number of methoxy groups -OCH3 is 1. The molecule has 0 bridgehead atoms. The second-order valence-electron chi connectivity index (χ2n) is 8.75. The molecular formula is C27H32N4O3. The standard InChI is InChI=1S/C27H32N4O3/c1-19-16-25(31-14-4-3-5-15-31)30-24-11-8-21(17-23(19)24)29-27(33)13-12-26(32)28-18-20-6-9-22(34-2)10-7-20/h6-11,16-17H,3-5,12-15,18H2,1-2H3,(H,28,32)(H,29,33). The number of rotatable bonds is 8. The number of piperidine rings is 1. The fourth-order valence-electron chi connectivity index (χ4n) is 4.22. The van der Waals surface area contributed by atoms with E-state index in [-0.39, 0.29) is 24.7 Å². The van der Waals surface area contributed by atoms with E-state index >= 15 is 0 Å². The minimum atomic E-state index is -0.186. The summed E-state index contributed by atoms with van der Waals surface area (Å²) in [5, 5.41) is 6.78. The number of anilines is 2. The van der Waals surface area contributed by atoms with E-state index in [9.17, 15) is 9.59 Å². The third-order valence-electron chi connectivity index (χ3n) is 6.19. The highest BCUT2D eigenvalue weighted by Crippen LogP contribution is 2.27.